The molecule has 28 heavy (non-hydrogen) atoms. The summed E-state index contributed by atoms with van der Waals surface area (Å²) >= 11 is 0. The summed E-state index contributed by atoms with van der Waals surface area (Å²) < 4.78 is 5.64. The van der Waals surface area contributed by atoms with Crippen molar-refractivity contribution < 1.29 is 14.3 Å². The second kappa shape index (κ2) is 9.26. The van der Waals surface area contributed by atoms with E-state index in [4.69, 9.17) is 4.74 Å². The van der Waals surface area contributed by atoms with Crippen molar-refractivity contribution in [2.45, 2.75) is 32.8 Å². The molecule has 2 amide bonds. The minimum Gasteiger partial charge on any atom is -0.491 e. The fourth-order valence-corrected chi connectivity index (χ4v) is 3.14. The van der Waals surface area contributed by atoms with Crippen LogP contribution >= 0.6 is 0 Å². The lowest BCUT2D eigenvalue weighted by Gasteiger charge is -2.15. The van der Waals surface area contributed by atoms with Crippen molar-refractivity contribution in [2.75, 3.05) is 30.3 Å². The molecule has 0 saturated carbocycles. The largest absolute Gasteiger partial charge is 0.491 e. The molecule has 6 nitrogen and oxygen atoms in total. The van der Waals surface area contributed by atoms with E-state index in [2.05, 4.69) is 10.6 Å². The minimum atomic E-state index is -0.154. The molecule has 3 rings (SSSR count). The molecular weight excluding hydrogens is 354 g/mol. The van der Waals surface area contributed by atoms with Crippen molar-refractivity contribution >= 4 is 23.2 Å². The summed E-state index contributed by atoms with van der Waals surface area (Å²) in [5.41, 5.74) is 2.17. The summed E-state index contributed by atoms with van der Waals surface area (Å²) in [5, 5.41) is 5.93. The van der Waals surface area contributed by atoms with Crippen molar-refractivity contribution in [1.29, 1.82) is 0 Å². The van der Waals surface area contributed by atoms with E-state index in [-0.39, 0.29) is 24.5 Å². The fourth-order valence-electron chi connectivity index (χ4n) is 3.14. The minimum absolute atomic E-state index is 0.0743. The number of nitrogens with zero attached hydrogens (tertiary/aromatic N) is 1. The van der Waals surface area contributed by atoms with Gasteiger partial charge >= 0.3 is 0 Å². The maximum Gasteiger partial charge on any atom is 0.253 e. The highest BCUT2D eigenvalue weighted by Gasteiger charge is 2.19. The summed E-state index contributed by atoms with van der Waals surface area (Å²) in [6.45, 7) is 5.72. The maximum atomic E-state index is 12.4. The zero-order valence-electron chi connectivity index (χ0n) is 16.4. The van der Waals surface area contributed by atoms with Crippen LogP contribution in [0, 0.1) is 0 Å². The van der Waals surface area contributed by atoms with Crippen molar-refractivity contribution in [2.24, 2.45) is 0 Å². The van der Waals surface area contributed by atoms with Crippen LogP contribution in [0.1, 0.15) is 37.0 Å². The first kappa shape index (κ1) is 19.7. The molecule has 1 aliphatic rings. The van der Waals surface area contributed by atoms with Gasteiger partial charge in [-0.25, -0.2) is 0 Å². The van der Waals surface area contributed by atoms with E-state index in [1.54, 1.807) is 18.2 Å². The molecule has 1 heterocycles. The molecule has 2 N–H and O–H groups in total. The van der Waals surface area contributed by atoms with Crippen LogP contribution in [0.15, 0.2) is 48.5 Å². The SMILES string of the molecule is CC(C)Oc1cccc(NC(=O)CNc2ccc(C(=O)N3CCCC3)cc2)c1. The van der Waals surface area contributed by atoms with Gasteiger partial charge in [0.2, 0.25) is 5.91 Å². The Balaban J connectivity index is 1.50. The van der Waals surface area contributed by atoms with Gasteiger partial charge in [-0.05, 0) is 63.1 Å². The van der Waals surface area contributed by atoms with Gasteiger partial charge in [0.05, 0.1) is 12.6 Å². The normalized spacial score (nSPS) is 13.5. The molecule has 1 saturated heterocycles. The highest BCUT2D eigenvalue weighted by atomic mass is 16.5. The van der Waals surface area contributed by atoms with Crippen LogP contribution in [0.2, 0.25) is 0 Å². The number of anilines is 2. The van der Waals surface area contributed by atoms with Gasteiger partial charge in [-0.3, -0.25) is 9.59 Å². The van der Waals surface area contributed by atoms with E-state index in [1.807, 2.05) is 49.1 Å². The van der Waals surface area contributed by atoms with Crippen molar-refractivity contribution in [3.05, 3.63) is 54.1 Å². The first-order valence-corrected chi connectivity index (χ1v) is 9.71. The number of carbonyl (C=O) groups is 2. The average molecular weight is 381 g/mol. The van der Waals surface area contributed by atoms with Crippen LogP contribution in [-0.4, -0.2) is 42.5 Å². The number of ether oxygens (including phenoxy) is 1. The van der Waals surface area contributed by atoms with E-state index in [9.17, 15) is 9.59 Å². The third kappa shape index (κ3) is 5.49. The molecule has 1 aliphatic heterocycles. The number of amides is 2. The molecule has 6 heteroatoms. The molecule has 1 fully saturated rings. The predicted molar refractivity (Wildman–Crippen MR) is 111 cm³/mol. The van der Waals surface area contributed by atoms with E-state index in [1.165, 1.54) is 0 Å². The Kier molecular flexibility index (Phi) is 6.53. The molecule has 2 aromatic carbocycles. The smallest absolute Gasteiger partial charge is 0.253 e. The van der Waals surface area contributed by atoms with Gasteiger partial charge in [0, 0.05) is 36.1 Å². The molecule has 0 aromatic heterocycles. The zero-order chi connectivity index (χ0) is 19.9. The molecule has 0 aliphatic carbocycles. The Morgan fingerprint density at radius 2 is 1.75 bits per heavy atom. The Morgan fingerprint density at radius 1 is 1.04 bits per heavy atom. The van der Waals surface area contributed by atoms with Crippen LogP contribution in [0.4, 0.5) is 11.4 Å². The highest BCUT2D eigenvalue weighted by Crippen LogP contribution is 2.19. The highest BCUT2D eigenvalue weighted by molar-refractivity contribution is 5.95. The van der Waals surface area contributed by atoms with Crippen LogP contribution in [0.25, 0.3) is 0 Å². The second-order valence-electron chi connectivity index (χ2n) is 7.17. The molecule has 0 spiro atoms. The Bertz CT molecular complexity index is 812. The fraction of sp³-hybridized carbons (Fsp3) is 0.364. The van der Waals surface area contributed by atoms with E-state index in [0.717, 1.165) is 37.4 Å². The van der Waals surface area contributed by atoms with Gasteiger partial charge in [0.1, 0.15) is 5.75 Å². The van der Waals surface area contributed by atoms with Gasteiger partial charge < -0.3 is 20.3 Å². The van der Waals surface area contributed by atoms with Gasteiger partial charge in [0.15, 0.2) is 0 Å². The lowest BCUT2D eigenvalue weighted by Crippen LogP contribution is -2.27. The van der Waals surface area contributed by atoms with Crippen LogP contribution in [0.5, 0.6) is 5.75 Å². The van der Waals surface area contributed by atoms with Gasteiger partial charge in [-0.1, -0.05) is 6.07 Å². The molecule has 2 aromatic rings. The topological polar surface area (TPSA) is 70.7 Å². The second-order valence-corrected chi connectivity index (χ2v) is 7.17. The maximum absolute atomic E-state index is 12.4. The third-order valence-electron chi connectivity index (χ3n) is 4.47. The summed E-state index contributed by atoms with van der Waals surface area (Å²) in [6, 6.07) is 14.6. The van der Waals surface area contributed by atoms with Crippen molar-refractivity contribution in [3.8, 4) is 5.75 Å². The van der Waals surface area contributed by atoms with Gasteiger partial charge in [0.25, 0.3) is 5.91 Å². The summed E-state index contributed by atoms with van der Waals surface area (Å²) in [5.74, 6) is 0.642. The average Bonchev–Trinajstić information content (AvgIpc) is 3.21. The van der Waals surface area contributed by atoms with Gasteiger partial charge in [-0.15, -0.1) is 0 Å². The van der Waals surface area contributed by atoms with Crippen molar-refractivity contribution in [1.82, 2.24) is 4.90 Å². The number of hydrogen-bond acceptors (Lipinski definition) is 4. The van der Waals surface area contributed by atoms with Crippen LogP contribution < -0.4 is 15.4 Å². The Hall–Kier alpha value is -3.02. The lowest BCUT2D eigenvalue weighted by atomic mass is 10.2. The van der Waals surface area contributed by atoms with Gasteiger partial charge in [-0.2, -0.15) is 0 Å². The van der Waals surface area contributed by atoms with Crippen molar-refractivity contribution in [3.63, 3.8) is 0 Å². The monoisotopic (exact) mass is 381 g/mol. The lowest BCUT2D eigenvalue weighted by molar-refractivity contribution is -0.114. The standard InChI is InChI=1S/C22H27N3O3/c1-16(2)28-20-7-5-6-19(14-20)24-21(26)15-23-18-10-8-17(9-11-18)22(27)25-12-3-4-13-25/h5-11,14,16,23H,3-4,12-13,15H2,1-2H3,(H,24,26). The number of nitrogens with one attached hydrogen (secondary N) is 2. The molecule has 148 valence electrons. The summed E-state index contributed by atoms with van der Waals surface area (Å²) in [7, 11) is 0. The first-order chi connectivity index (χ1) is 13.5. The number of benzene rings is 2. The summed E-state index contributed by atoms with van der Waals surface area (Å²) in [6.07, 6.45) is 2.23. The number of rotatable bonds is 7. The quantitative estimate of drug-likeness (QED) is 0.766. The third-order valence-corrected chi connectivity index (χ3v) is 4.47. The Labute approximate surface area is 165 Å². The first-order valence-electron chi connectivity index (χ1n) is 9.71. The molecular formula is C22H27N3O3. The molecule has 0 radical (unpaired) electrons. The van der Waals surface area contributed by atoms with E-state index >= 15 is 0 Å². The van der Waals surface area contributed by atoms with Crippen LogP contribution in [-0.2, 0) is 4.79 Å². The predicted octanol–water partition coefficient (Wildman–Crippen LogP) is 3.76. The number of carbonyl (C=O) groups excluding carboxylic acids is 2. The Morgan fingerprint density at radius 3 is 2.43 bits per heavy atom. The number of likely N-dealkylation sites (tertiary alicyclic amines) is 1. The van der Waals surface area contributed by atoms with Crippen LogP contribution in [0.3, 0.4) is 0 Å². The zero-order valence-corrected chi connectivity index (χ0v) is 16.4. The molecule has 0 atom stereocenters. The summed E-state index contributed by atoms with van der Waals surface area (Å²) in [4.78, 5) is 26.4. The van der Waals surface area contributed by atoms with E-state index in [0.29, 0.717) is 11.3 Å². The molecule has 0 bridgehead atoms. The molecule has 0 unspecified atom stereocenters. The van der Waals surface area contributed by atoms with E-state index < -0.39 is 0 Å². The number of hydrogen-bond donors (Lipinski definition) is 2.